The van der Waals surface area contributed by atoms with Gasteiger partial charge < -0.3 is 14.5 Å². The molecule has 2 aromatic rings. The number of methoxy groups -OCH3 is 1. The van der Waals surface area contributed by atoms with Crippen molar-refractivity contribution < 1.29 is 13.9 Å². The number of furan rings is 1. The lowest BCUT2D eigenvalue weighted by Crippen LogP contribution is -2.25. The molecule has 0 unspecified atom stereocenters. The minimum Gasteiger partial charge on any atom is -0.468 e. The first-order valence-corrected chi connectivity index (χ1v) is 6.46. The summed E-state index contributed by atoms with van der Waals surface area (Å²) in [5.74, 6) is 0.921. The van der Waals surface area contributed by atoms with Gasteiger partial charge in [-0.05, 0) is 16.5 Å². The van der Waals surface area contributed by atoms with Crippen molar-refractivity contribution in [1.82, 2.24) is 25.5 Å². The monoisotopic (exact) mass is 283 g/mol. The predicted octanol–water partition coefficient (Wildman–Crippen LogP) is 0.334. The lowest BCUT2D eigenvalue weighted by Gasteiger charge is -2.02. The molecule has 0 fully saturated rings. The number of thioether (sulfide) groups is 1. The molecule has 2 rings (SSSR count). The Morgan fingerprint density at radius 3 is 3.05 bits per heavy atom. The molecule has 19 heavy (non-hydrogen) atoms. The fraction of sp³-hybridized carbons (Fsp3) is 0.400. The highest BCUT2D eigenvalue weighted by Gasteiger charge is 2.11. The summed E-state index contributed by atoms with van der Waals surface area (Å²) in [7, 11) is 3.24. The van der Waals surface area contributed by atoms with Gasteiger partial charge in [0, 0.05) is 25.4 Å². The van der Waals surface area contributed by atoms with Crippen molar-refractivity contribution in [3.63, 3.8) is 0 Å². The smallest absolute Gasteiger partial charge is 0.287 e. The van der Waals surface area contributed by atoms with Crippen molar-refractivity contribution in [3.05, 3.63) is 17.9 Å². The minimum atomic E-state index is -0.278. The van der Waals surface area contributed by atoms with Crippen LogP contribution < -0.4 is 10.1 Å². The van der Waals surface area contributed by atoms with E-state index in [1.54, 1.807) is 23.9 Å². The van der Waals surface area contributed by atoms with Gasteiger partial charge in [0.25, 0.3) is 11.9 Å². The first-order valence-electron chi connectivity index (χ1n) is 5.48. The largest absolute Gasteiger partial charge is 0.468 e. The van der Waals surface area contributed by atoms with Crippen LogP contribution in [0.1, 0.15) is 10.6 Å². The van der Waals surface area contributed by atoms with Gasteiger partial charge in [-0.2, -0.15) is 0 Å². The maximum Gasteiger partial charge on any atom is 0.287 e. The van der Waals surface area contributed by atoms with E-state index in [1.807, 2.05) is 0 Å². The third-order valence-corrected chi connectivity index (χ3v) is 3.22. The zero-order valence-corrected chi connectivity index (χ0v) is 11.3. The molecular weight excluding hydrogens is 270 g/mol. The highest BCUT2D eigenvalue weighted by molar-refractivity contribution is 7.99. The third-order valence-electron chi connectivity index (χ3n) is 2.21. The maximum absolute atomic E-state index is 11.7. The van der Waals surface area contributed by atoms with Crippen LogP contribution in [0.15, 0.2) is 21.7 Å². The maximum atomic E-state index is 11.7. The van der Waals surface area contributed by atoms with E-state index in [0.717, 1.165) is 0 Å². The van der Waals surface area contributed by atoms with E-state index < -0.39 is 0 Å². The van der Waals surface area contributed by atoms with Gasteiger partial charge in [0.1, 0.15) is 0 Å². The molecule has 0 atom stereocenters. The second kappa shape index (κ2) is 6.23. The zero-order valence-electron chi connectivity index (χ0n) is 10.5. The van der Waals surface area contributed by atoms with Gasteiger partial charge in [-0.25, -0.2) is 4.68 Å². The number of carbonyl (C=O) groups excluding carboxylic acids is 1. The van der Waals surface area contributed by atoms with Crippen molar-refractivity contribution in [2.24, 2.45) is 7.05 Å². The number of nitrogens with zero attached hydrogens (tertiary/aromatic N) is 4. The molecule has 2 heterocycles. The van der Waals surface area contributed by atoms with E-state index in [4.69, 9.17) is 9.15 Å². The molecule has 1 amide bonds. The van der Waals surface area contributed by atoms with E-state index in [2.05, 4.69) is 20.8 Å². The Bertz CT molecular complexity index is 553. The number of amides is 1. The topological polar surface area (TPSA) is 95.1 Å². The van der Waals surface area contributed by atoms with Gasteiger partial charge in [-0.1, -0.05) is 11.8 Å². The normalized spacial score (nSPS) is 10.4. The van der Waals surface area contributed by atoms with Crippen molar-refractivity contribution in [2.45, 2.75) is 5.16 Å². The number of carbonyl (C=O) groups is 1. The van der Waals surface area contributed by atoms with Crippen molar-refractivity contribution in [1.29, 1.82) is 0 Å². The third kappa shape index (κ3) is 3.47. The lowest BCUT2D eigenvalue weighted by molar-refractivity contribution is 0.0922. The summed E-state index contributed by atoms with van der Waals surface area (Å²) < 4.78 is 11.6. The van der Waals surface area contributed by atoms with Crippen molar-refractivity contribution in [2.75, 3.05) is 19.4 Å². The van der Waals surface area contributed by atoms with E-state index >= 15 is 0 Å². The van der Waals surface area contributed by atoms with Crippen LogP contribution in [0.4, 0.5) is 0 Å². The number of tetrazole rings is 1. The molecule has 0 saturated heterocycles. The van der Waals surface area contributed by atoms with Crippen LogP contribution in [-0.4, -0.2) is 45.5 Å². The number of aryl methyl sites for hydroxylation is 1. The van der Waals surface area contributed by atoms with Gasteiger partial charge in [0.05, 0.1) is 7.11 Å². The number of rotatable bonds is 6. The minimum absolute atomic E-state index is 0.224. The summed E-state index contributed by atoms with van der Waals surface area (Å²) in [6.07, 6.45) is 0. The molecule has 0 spiro atoms. The van der Waals surface area contributed by atoms with Gasteiger partial charge >= 0.3 is 0 Å². The molecule has 0 aliphatic carbocycles. The fourth-order valence-corrected chi connectivity index (χ4v) is 1.99. The van der Waals surface area contributed by atoms with Crippen LogP contribution in [0.2, 0.25) is 0 Å². The summed E-state index contributed by atoms with van der Waals surface area (Å²) in [6, 6.07) is 3.16. The van der Waals surface area contributed by atoms with Crippen molar-refractivity contribution in [3.8, 4) is 5.95 Å². The predicted molar refractivity (Wildman–Crippen MR) is 67.1 cm³/mol. The van der Waals surface area contributed by atoms with Crippen LogP contribution in [-0.2, 0) is 7.05 Å². The molecule has 0 radical (unpaired) electrons. The Hall–Kier alpha value is -2.03. The van der Waals surface area contributed by atoms with Gasteiger partial charge in [-0.3, -0.25) is 4.79 Å². The first-order chi connectivity index (χ1) is 9.20. The molecule has 1 N–H and O–H groups in total. The number of ether oxygens (including phenoxy) is 1. The molecule has 0 bridgehead atoms. The highest BCUT2D eigenvalue weighted by atomic mass is 32.2. The lowest BCUT2D eigenvalue weighted by atomic mass is 10.4. The standard InChI is InChI=1S/C10H13N5O3S/c1-15-10(12-13-14-15)19-6-5-11-9(16)7-3-4-8(17-2)18-7/h3-4H,5-6H2,1-2H3,(H,11,16). The Balaban J connectivity index is 1.73. The van der Waals surface area contributed by atoms with E-state index in [9.17, 15) is 4.79 Å². The van der Waals surface area contributed by atoms with E-state index in [1.165, 1.54) is 18.9 Å². The van der Waals surface area contributed by atoms with Crippen LogP contribution in [0, 0.1) is 0 Å². The second-order valence-corrected chi connectivity index (χ2v) is 4.57. The average molecular weight is 283 g/mol. The summed E-state index contributed by atoms with van der Waals surface area (Å²) in [6.45, 7) is 0.485. The Labute approximate surface area is 113 Å². The number of hydrogen-bond acceptors (Lipinski definition) is 7. The van der Waals surface area contributed by atoms with Gasteiger partial charge in [-0.15, -0.1) is 5.10 Å². The zero-order chi connectivity index (χ0) is 13.7. The number of nitrogens with one attached hydrogen (secondary N) is 1. The summed E-state index contributed by atoms with van der Waals surface area (Å²) in [5.41, 5.74) is 0. The van der Waals surface area contributed by atoms with Crippen LogP contribution in [0.3, 0.4) is 0 Å². The molecule has 0 saturated carbocycles. The SMILES string of the molecule is COc1ccc(C(=O)NCCSc2nnnn2C)o1. The molecule has 0 aliphatic heterocycles. The highest BCUT2D eigenvalue weighted by Crippen LogP contribution is 2.15. The Morgan fingerprint density at radius 1 is 1.58 bits per heavy atom. The van der Waals surface area contributed by atoms with Gasteiger partial charge in [0.2, 0.25) is 5.16 Å². The Kier molecular flexibility index (Phi) is 4.39. The van der Waals surface area contributed by atoms with E-state index in [-0.39, 0.29) is 11.7 Å². The van der Waals surface area contributed by atoms with Crippen molar-refractivity contribution >= 4 is 17.7 Å². The average Bonchev–Trinajstić information content (AvgIpc) is 3.03. The summed E-state index contributed by atoms with van der Waals surface area (Å²) in [5, 5.41) is 14.5. The van der Waals surface area contributed by atoms with Crippen LogP contribution in [0.25, 0.3) is 0 Å². The molecular formula is C10H13N5O3S. The van der Waals surface area contributed by atoms with Crippen LogP contribution >= 0.6 is 11.8 Å². The number of aromatic nitrogens is 4. The van der Waals surface area contributed by atoms with E-state index in [0.29, 0.717) is 23.4 Å². The molecule has 0 aliphatic rings. The molecule has 0 aromatic carbocycles. The Morgan fingerprint density at radius 2 is 2.42 bits per heavy atom. The summed E-state index contributed by atoms with van der Waals surface area (Å²) >= 11 is 1.46. The molecule has 9 heteroatoms. The first kappa shape index (κ1) is 13.4. The van der Waals surface area contributed by atoms with Crippen LogP contribution in [0.5, 0.6) is 5.95 Å². The molecule has 2 aromatic heterocycles. The number of hydrogen-bond donors (Lipinski definition) is 1. The second-order valence-electron chi connectivity index (χ2n) is 3.51. The summed E-state index contributed by atoms with van der Waals surface area (Å²) in [4.78, 5) is 11.7. The fourth-order valence-electron chi connectivity index (χ4n) is 1.29. The van der Waals surface area contributed by atoms with Gasteiger partial charge in [0.15, 0.2) is 5.76 Å². The molecule has 102 valence electrons. The molecule has 8 nitrogen and oxygen atoms in total. The quantitative estimate of drug-likeness (QED) is 0.603.